The molecule has 0 fully saturated rings. The fourth-order valence-corrected chi connectivity index (χ4v) is 0.966. The first-order valence-corrected chi connectivity index (χ1v) is 4.92. The number of rotatable bonds is 6. The molecule has 5 N–H and O–H groups in total. The molecule has 0 aliphatic carbocycles. The van der Waals surface area contributed by atoms with E-state index in [1.807, 2.05) is 0 Å². The number of carboxylic acid groups (broad SMARTS) is 1. The van der Waals surface area contributed by atoms with Crippen LogP contribution in [0, 0.1) is 11.8 Å². The first-order valence-electron chi connectivity index (χ1n) is 4.92. The summed E-state index contributed by atoms with van der Waals surface area (Å²) in [6.45, 7) is 1.75. The van der Waals surface area contributed by atoms with Crippen LogP contribution < -0.4 is 16.4 Å². The van der Waals surface area contributed by atoms with Crippen LogP contribution in [0.5, 0.6) is 0 Å². The summed E-state index contributed by atoms with van der Waals surface area (Å²) in [5.41, 5.74) is 4.89. The number of nitrogens with two attached hydrogens (primary N) is 1. The maximum Gasteiger partial charge on any atom is 0.326 e. The Balaban J connectivity index is 4.13. The Hall–Kier alpha value is -2.23. The van der Waals surface area contributed by atoms with Crippen LogP contribution in [0.25, 0.3) is 0 Å². The smallest absolute Gasteiger partial charge is 0.326 e. The number of carbonyl (C=O) groups excluding carboxylic acids is 2. The lowest BCUT2D eigenvalue weighted by Gasteiger charge is -2.13. The minimum atomic E-state index is -1.22. The summed E-state index contributed by atoms with van der Waals surface area (Å²) >= 11 is 0. The molecule has 0 aromatic rings. The molecule has 94 valence electrons. The number of hydrogen-bond acceptors (Lipinski definition) is 3. The average Bonchev–Trinajstić information content (AvgIpc) is 2.23. The molecule has 0 aliphatic heterocycles. The third kappa shape index (κ3) is 7.67. The zero-order chi connectivity index (χ0) is 13.3. The van der Waals surface area contributed by atoms with Gasteiger partial charge in [0.2, 0.25) is 5.91 Å². The van der Waals surface area contributed by atoms with E-state index in [1.54, 1.807) is 6.92 Å². The molecule has 0 rings (SSSR count). The van der Waals surface area contributed by atoms with Gasteiger partial charge in [-0.1, -0.05) is 5.92 Å². The van der Waals surface area contributed by atoms with Crippen LogP contribution in [0.15, 0.2) is 0 Å². The van der Waals surface area contributed by atoms with Crippen molar-refractivity contribution in [3.8, 4) is 11.8 Å². The number of carboxylic acids is 1. The van der Waals surface area contributed by atoms with Gasteiger partial charge in [-0.05, 0) is 13.3 Å². The second kappa shape index (κ2) is 7.98. The van der Waals surface area contributed by atoms with Gasteiger partial charge in [0.15, 0.2) is 0 Å². The fraction of sp³-hybridized carbons (Fsp3) is 0.500. The van der Waals surface area contributed by atoms with Crippen molar-refractivity contribution in [2.24, 2.45) is 5.73 Å². The van der Waals surface area contributed by atoms with Gasteiger partial charge in [0.05, 0.1) is 6.54 Å². The Labute approximate surface area is 98.7 Å². The van der Waals surface area contributed by atoms with Gasteiger partial charge in [-0.15, -0.1) is 5.92 Å². The Morgan fingerprint density at radius 3 is 2.53 bits per heavy atom. The summed E-state index contributed by atoms with van der Waals surface area (Å²) < 4.78 is 0. The molecule has 0 aromatic carbocycles. The predicted molar refractivity (Wildman–Crippen MR) is 59.8 cm³/mol. The van der Waals surface area contributed by atoms with Crippen LogP contribution >= 0.6 is 0 Å². The van der Waals surface area contributed by atoms with Gasteiger partial charge in [-0.2, -0.15) is 0 Å². The van der Waals surface area contributed by atoms with Gasteiger partial charge in [0, 0.05) is 6.42 Å². The molecule has 3 amide bonds. The van der Waals surface area contributed by atoms with Crippen molar-refractivity contribution in [3.63, 3.8) is 0 Å². The molecule has 1 atom stereocenters. The molecule has 0 spiro atoms. The van der Waals surface area contributed by atoms with Gasteiger partial charge < -0.3 is 21.5 Å². The summed E-state index contributed by atoms with van der Waals surface area (Å²) in [5.74, 6) is 3.32. The molecule has 0 bridgehead atoms. The van der Waals surface area contributed by atoms with Gasteiger partial charge >= 0.3 is 12.0 Å². The topological polar surface area (TPSA) is 122 Å². The Morgan fingerprint density at radius 1 is 1.41 bits per heavy atom. The number of amides is 3. The number of aliphatic carboxylic acids is 1. The number of hydrogen-bond donors (Lipinski definition) is 4. The van der Waals surface area contributed by atoms with Crippen LogP contribution in [-0.2, 0) is 9.59 Å². The fourth-order valence-electron chi connectivity index (χ4n) is 0.966. The largest absolute Gasteiger partial charge is 0.480 e. The monoisotopic (exact) mass is 241 g/mol. The lowest BCUT2D eigenvalue weighted by atomic mass is 10.1. The van der Waals surface area contributed by atoms with Crippen molar-refractivity contribution in [1.82, 2.24) is 10.6 Å². The highest BCUT2D eigenvalue weighted by Gasteiger charge is 2.19. The van der Waals surface area contributed by atoms with E-state index in [-0.39, 0.29) is 19.4 Å². The summed E-state index contributed by atoms with van der Waals surface area (Å²) in [6.07, 6.45) is -0.149. The van der Waals surface area contributed by atoms with Crippen LogP contribution in [0.4, 0.5) is 4.79 Å². The third-order valence-electron chi connectivity index (χ3n) is 1.80. The van der Waals surface area contributed by atoms with Gasteiger partial charge in [0.1, 0.15) is 6.04 Å². The quantitative estimate of drug-likeness (QED) is 0.447. The maximum atomic E-state index is 11.2. The Kier molecular flexibility index (Phi) is 6.94. The van der Waals surface area contributed by atoms with Crippen molar-refractivity contribution < 1.29 is 19.5 Å². The Morgan fingerprint density at radius 2 is 2.06 bits per heavy atom. The Bertz CT molecular complexity index is 356. The van der Waals surface area contributed by atoms with E-state index in [9.17, 15) is 14.4 Å². The number of carbonyl (C=O) groups is 3. The average molecular weight is 241 g/mol. The molecule has 7 nitrogen and oxygen atoms in total. The van der Waals surface area contributed by atoms with Crippen molar-refractivity contribution in [2.45, 2.75) is 25.8 Å². The molecule has 17 heavy (non-hydrogen) atoms. The van der Waals surface area contributed by atoms with E-state index in [2.05, 4.69) is 22.5 Å². The second-order valence-electron chi connectivity index (χ2n) is 3.15. The molecule has 0 saturated carbocycles. The van der Waals surface area contributed by atoms with Gasteiger partial charge in [0.25, 0.3) is 0 Å². The first kappa shape index (κ1) is 14.8. The van der Waals surface area contributed by atoms with E-state index >= 15 is 0 Å². The van der Waals surface area contributed by atoms with Crippen LogP contribution in [0.2, 0.25) is 0 Å². The van der Waals surface area contributed by atoms with E-state index in [0.717, 1.165) is 0 Å². The van der Waals surface area contributed by atoms with Gasteiger partial charge in [-0.3, -0.25) is 4.79 Å². The minimum Gasteiger partial charge on any atom is -0.480 e. The van der Waals surface area contributed by atoms with E-state index < -0.39 is 23.9 Å². The van der Waals surface area contributed by atoms with E-state index in [1.165, 1.54) is 0 Å². The highest BCUT2D eigenvalue weighted by atomic mass is 16.4. The molecule has 7 heteroatoms. The molecular formula is C10H15N3O4. The highest BCUT2D eigenvalue weighted by molar-refractivity contribution is 5.83. The number of urea groups is 1. The first-order chi connectivity index (χ1) is 7.97. The zero-order valence-electron chi connectivity index (χ0n) is 9.45. The summed E-state index contributed by atoms with van der Waals surface area (Å²) in [5, 5.41) is 13.3. The number of primary amides is 1. The molecule has 0 unspecified atom stereocenters. The molecule has 0 aliphatic rings. The normalized spacial score (nSPS) is 10.6. The van der Waals surface area contributed by atoms with Crippen molar-refractivity contribution >= 4 is 17.9 Å². The zero-order valence-corrected chi connectivity index (χ0v) is 9.45. The third-order valence-corrected chi connectivity index (χ3v) is 1.80. The van der Waals surface area contributed by atoms with Crippen LogP contribution in [-0.4, -0.2) is 35.6 Å². The molecular weight excluding hydrogens is 226 g/mol. The van der Waals surface area contributed by atoms with Crippen molar-refractivity contribution in [3.05, 3.63) is 0 Å². The second-order valence-corrected chi connectivity index (χ2v) is 3.15. The van der Waals surface area contributed by atoms with E-state index in [0.29, 0.717) is 0 Å². The SMILES string of the molecule is CC#CCNC(=O)N[C@@H](CCC(N)=O)C(=O)O. The predicted octanol–water partition coefficient (Wildman–Crippen LogP) is -0.972. The summed E-state index contributed by atoms with van der Waals surface area (Å²) in [7, 11) is 0. The minimum absolute atomic E-state index is 0.0441. The molecule has 0 radical (unpaired) electrons. The van der Waals surface area contributed by atoms with E-state index in [4.69, 9.17) is 10.8 Å². The molecule has 0 heterocycles. The van der Waals surface area contributed by atoms with Crippen molar-refractivity contribution in [1.29, 1.82) is 0 Å². The molecule has 0 aromatic heterocycles. The number of nitrogens with one attached hydrogen (secondary N) is 2. The van der Waals surface area contributed by atoms with Crippen molar-refractivity contribution in [2.75, 3.05) is 6.54 Å². The maximum absolute atomic E-state index is 11.2. The lowest BCUT2D eigenvalue weighted by Crippen LogP contribution is -2.46. The van der Waals surface area contributed by atoms with Crippen LogP contribution in [0.3, 0.4) is 0 Å². The van der Waals surface area contributed by atoms with Crippen LogP contribution in [0.1, 0.15) is 19.8 Å². The summed E-state index contributed by atoms with van der Waals surface area (Å²) in [6, 6.07) is -1.79. The van der Waals surface area contributed by atoms with Gasteiger partial charge in [-0.25, -0.2) is 9.59 Å². The highest BCUT2D eigenvalue weighted by Crippen LogP contribution is 1.97. The lowest BCUT2D eigenvalue weighted by molar-refractivity contribution is -0.139. The molecule has 0 saturated heterocycles. The standard InChI is InChI=1S/C10H15N3O4/c1-2-3-6-12-10(17)13-7(9(15)16)4-5-8(11)14/h7H,4-6H2,1H3,(H2,11,14)(H,15,16)(H2,12,13,17)/t7-/m0/s1. The summed E-state index contributed by atoms with van der Waals surface area (Å²) in [4.78, 5) is 32.5.